The zero-order chi connectivity index (χ0) is 21.3. The molecule has 6 heteroatoms. The molecule has 2 aromatic carbocycles. The lowest BCUT2D eigenvalue weighted by Gasteiger charge is -2.21. The summed E-state index contributed by atoms with van der Waals surface area (Å²) in [6.45, 7) is 3.49. The van der Waals surface area contributed by atoms with E-state index in [2.05, 4.69) is 48.0 Å². The van der Waals surface area contributed by atoms with E-state index in [1.807, 2.05) is 23.1 Å². The molecule has 1 aliphatic carbocycles. The van der Waals surface area contributed by atoms with Gasteiger partial charge in [0.25, 0.3) is 0 Å². The molecular weight excluding hydrogens is 396 g/mol. The number of carbonyl (C=O) groups excluding carboxylic acids is 1. The Bertz CT molecular complexity index is 1010. The molecule has 1 aliphatic heterocycles. The Morgan fingerprint density at radius 2 is 1.70 bits per heavy atom. The second-order valence-electron chi connectivity index (χ2n) is 8.71. The minimum atomic E-state index is -3.22. The number of benzene rings is 2. The van der Waals surface area contributed by atoms with Gasteiger partial charge >= 0.3 is 0 Å². The van der Waals surface area contributed by atoms with E-state index in [1.165, 1.54) is 22.9 Å². The molecule has 1 saturated heterocycles. The largest absolute Gasteiger partial charge is 0.342 e. The molecule has 0 spiro atoms. The van der Waals surface area contributed by atoms with Crippen LogP contribution < -0.4 is 4.72 Å². The van der Waals surface area contributed by atoms with Crippen LogP contribution in [0.15, 0.2) is 54.6 Å². The van der Waals surface area contributed by atoms with Crippen molar-refractivity contribution in [2.24, 2.45) is 11.8 Å². The van der Waals surface area contributed by atoms with Crippen LogP contribution in [0.3, 0.4) is 0 Å². The summed E-state index contributed by atoms with van der Waals surface area (Å²) in [7, 11) is -3.22. The highest BCUT2D eigenvalue weighted by atomic mass is 32.2. The van der Waals surface area contributed by atoms with E-state index in [1.54, 1.807) is 0 Å². The van der Waals surface area contributed by atoms with Crippen LogP contribution in [0.5, 0.6) is 0 Å². The molecule has 0 bridgehead atoms. The third-order valence-corrected chi connectivity index (χ3v) is 7.25. The van der Waals surface area contributed by atoms with Gasteiger partial charge in [0.2, 0.25) is 15.9 Å². The minimum absolute atomic E-state index is 0.00859. The van der Waals surface area contributed by atoms with E-state index in [0.717, 1.165) is 12.8 Å². The van der Waals surface area contributed by atoms with Crippen molar-refractivity contribution in [3.63, 3.8) is 0 Å². The summed E-state index contributed by atoms with van der Waals surface area (Å²) in [5.74, 6) is 0.780. The molecule has 4 atom stereocenters. The van der Waals surface area contributed by atoms with E-state index < -0.39 is 10.0 Å². The highest BCUT2D eigenvalue weighted by Gasteiger charge is 2.54. The van der Waals surface area contributed by atoms with Crippen molar-refractivity contribution in [1.82, 2.24) is 9.62 Å². The molecular formula is C24H30N2O3S. The Balaban J connectivity index is 1.48. The topological polar surface area (TPSA) is 66.5 Å². The first kappa shape index (κ1) is 21.1. The summed E-state index contributed by atoms with van der Waals surface area (Å²) in [4.78, 5) is 15.3. The molecule has 1 N–H and O–H groups in total. The summed E-state index contributed by atoms with van der Waals surface area (Å²) in [5, 5.41) is 0. The maximum Gasteiger partial charge on any atom is 0.226 e. The zero-order valence-electron chi connectivity index (χ0n) is 17.6. The molecule has 30 heavy (non-hydrogen) atoms. The normalized spacial score (nSPS) is 26.8. The monoisotopic (exact) mass is 426 g/mol. The number of likely N-dealkylation sites (tertiary alicyclic amines) is 1. The summed E-state index contributed by atoms with van der Waals surface area (Å²) < 4.78 is 25.8. The number of sulfonamides is 1. The van der Waals surface area contributed by atoms with Gasteiger partial charge in [0.05, 0.1) is 6.26 Å². The van der Waals surface area contributed by atoms with E-state index in [0.29, 0.717) is 25.4 Å². The number of nitrogens with zero attached hydrogens (tertiary/aromatic N) is 1. The highest BCUT2D eigenvalue weighted by molar-refractivity contribution is 7.88. The van der Waals surface area contributed by atoms with Crippen LogP contribution in [0.25, 0.3) is 11.1 Å². The lowest BCUT2D eigenvalue weighted by atomic mass is 9.95. The fourth-order valence-corrected chi connectivity index (χ4v) is 5.78. The lowest BCUT2D eigenvalue weighted by Crippen LogP contribution is -2.37. The van der Waals surface area contributed by atoms with Gasteiger partial charge < -0.3 is 4.90 Å². The fourth-order valence-electron chi connectivity index (χ4n) is 4.93. The van der Waals surface area contributed by atoms with Crippen molar-refractivity contribution >= 4 is 15.9 Å². The number of amides is 1. The van der Waals surface area contributed by atoms with E-state index in [9.17, 15) is 13.2 Å². The first-order valence-corrected chi connectivity index (χ1v) is 12.6. The van der Waals surface area contributed by atoms with Crippen molar-refractivity contribution in [3.05, 3.63) is 60.2 Å². The Morgan fingerprint density at radius 3 is 2.43 bits per heavy atom. The second-order valence-corrected chi connectivity index (χ2v) is 10.5. The van der Waals surface area contributed by atoms with E-state index in [4.69, 9.17) is 0 Å². The van der Waals surface area contributed by atoms with Crippen molar-refractivity contribution in [1.29, 1.82) is 0 Å². The maximum absolute atomic E-state index is 13.3. The van der Waals surface area contributed by atoms with Gasteiger partial charge in [0.15, 0.2) is 0 Å². The fraction of sp³-hybridized carbons (Fsp3) is 0.458. The Labute approximate surface area is 179 Å². The summed E-state index contributed by atoms with van der Waals surface area (Å²) >= 11 is 0. The molecule has 1 saturated carbocycles. The van der Waals surface area contributed by atoms with Gasteiger partial charge in [-0.15, -0.1) is 0 Å². The number of rotatable bonds is 5. The van der Waals surface area contributed by atoms with Gasteiger partial charge in [-0.3, -0.25) is 4.79 Å². The first-order valence-electron chi connectivity index (χ1n) is 10.8. The average Bonchev–Trinajstić information content (AvgIpc) is 3.44. The van der Waals surface area contributed by atoms with E-state index in [-0.39, 0.29) is 23.8 Å². The van der Waals surface area contributed by atoms with Crippen LogP contribution in [0.2, 0.25) is 0 Å². The van der Waals surface area contributed by atoms with Crippen molar-refractivity contribution in [2.75, 3.05) is 19.3 Å². The van der Waals surface area contributed by atoms with Crippen LogP contribution in [0.1, 0.15) is 37.7 Å². The number of hydrogen-bond acceptors (Lipinski definition) is 3. The molecule has 1 heterocycles. The zero-order valence-corrected chi connectivity index (χ0v) is 18.4. The van der Waals surface area contributed by atoms with E-state index >= 15 is 0 Å². The number of nitrogens with one attached hydrogen (secondary N) is 1. The maximum atomic E-state index is 13.3. The Kier molecular flexibility index (Phi) is 5.98. The minimum Gasteiger partial charge on any atom is -0.342 e. The SMILES string of the molecule is C[C@@H]1[C@@H](C(=O)N2CCC[C@H](NS(C)(=O)=O)CC2)[C@@H]1c1ccccc1-c1ccccc1. The lowest BCUT2D eigenvalue weighted by molar-refractivity contribution is -0.132. The molecule has 1 amide bonds. The second kappa shape index (κ2) is 8.52. The standard InChI is InChI=1S/C24H30N2O3S/c1-17-22(21-13-7-6-12-20(21)18-9-4-3-5-10-18)23(17)24(27)26-15-8-11-19(14-16-26)25-30(2,28)29/h3-7,9-10,12-13,17,19,22-23,25H,8,11,14-16H2,1-2H3/t17-,19-,22-,23+/m0/s1. The predicted octanol–water partition coefficient (Wildman–Crippen LogP) is 3.63. The molecule has 2 fully saturated rings. The van der Waals surface area contributed by atoms with Crippen molar-refractivity contribution < 1.29 is 13.2 Å². The van der Waals surface area contributed by atoms with Gasteiger partial charge in [-0.2, -0.15) is 0 Å². The summed E-state index contributed by atoms with van der Waals surface area (Å²) in [5.41, 5.74) is 3.64. The smallest absolute Gasteiger partial charge is 0.226 e. The summed E-state index contributed by atoms with van der Waals surface area (Å²) in [6, 6.07) is 18.7. The summed E-state index contributed by atoms with van der Waals surface area (Å²) in [6.07, 6.45) is 3.47. The van der Waals surface area contributed by atoms with Crippen LogP contribution in [-0.4, -0.2) is 44.6 Å². The third-order valence-electron chi connectivity index (χ3n) is 6.49. The molecule has 0 aromatic heterocycles. The Hall–Kier alpha value is -2.18. The molecule has 5 nitrogen and oxygen atoms in total. The number of hydrogen-bond donors (Lipinski definition) is 1. The van der Waals surface area contributed by atoms with Gasteiger partial charge in [0, 0.05) is 25.0 Å². The molecule has 4 rings (SSSR count). The van der Waals surface area contributed by atoms with Crippen molar-refractivity contribution in [3.8, 4) is 11.1 Å². The predicted molar refractivity (Wildman–Crippen MR) is 119 cm³/mol. The van der Waals surface area contributed by atoms with Gasteiger partial charge in [-0.25, -0.2) is 13.1 Å². The Morgan fingerprint density at radius 1 is 1.00 bits per heavy atom. The van der Waals surface area contributed by atoms with Crippen molar-refractivity contribution in [2.45, 2.75) is 38.1 Å². The van der Waals surface area contributed by atoms with Crippen LogP contribution in [0.4, 0.5) is 0 Å². The molecule has 0 unspecified atom stereocenters. The average molecular weight is 427 g/mol. The molecule has 160 valence electrons. The molecule has 2 aromatic rings. The molecule has 2 aliphatic rings. The quantitative estimate of drug-likeness (QED) is 0.794. The molecule has 0 radical (unpaired) electrons. The van der Waals surface area contributed by atoms with Gasteiger partial charge in [-0.05, 0) is 47.8 Å². The van der Waals surface area contributed by atoms with Crippen LogP contribution in [-0.2, 0) is 14.8 Å². The van der Waals surface area contributed by atoms with Crippen LogP contribution >= 0.6 is 0 Å². The highest BCUT2D eigenvalue weighted by Crippen LogP contribution is 2.56. The third kappa shape index (κ3) is 4.60. The first-order chi connectivity index (χ1) is 14.3. The van der Waals surface area contributed by atoms with Gasteiger partial charge in [0.1, 0.15) is 0 Å². The van der Waals surface area contributed by atoms with Gasteiger partial charge in [-0.1, -0.05) is 61.5 Å². The van der Waals surface area contributed by atoms with Crippen LogP contribution in [0, 0.1) is 11.8 Å². The number of carbonyl (C=O) groups is 1.